The highest BCUT2D eigenvalue weighted by atomic mass is 32.2. The van der Waals surface area contributed by atoms with Crippen molar-refractivity contribution in [1.82, 2.24) is 14.5 Å². The SMILES string of the molecule is CS(=O)(=O)N1CCCN(C(=O)CC2CCCN2)CC1. The van der Waals surface area contributed by atoms with Crippen molar-refractivity contribution in [3.8, 4) is 0 Å². The lowest BCUT2D eigenvalue weighted by Crippen LogP contribution is -2.39. The Balaban J connectivity index is 1.86. The van der Waals surface area contributed by atoms with Crippen LogP contribution in [-0.2, 0) is 14.8 Å². The number of hydrogen-bond acceptors (Lipinski definition) is 4. The highest BCUT2D eigenvalue weighted by Crippen LogP contribution is 2.13. The van der Waals surface area contributed by atoms with E-state index < -0.39 is 10.0 Å². The second kappa shape index (κ2) is 6.19. The summed E-state index contributed by atoms with van der Waals surface area (Å²) in [6, 6.07) is 0.307. The second-order valence-corrected chi connectivity index (χ2v) is 7.38. The molecule has 2 heterocycles. The Morgan fingerprint density at radius 1 is 1.21 bits per heavy atom. The second-order valence-electron chi connectivity index (χ2n) is 5.39. The van der Waals surface area contributed by atoms with Crippen molar-refractivity contribution in [1.29, 1.82) is 0 Å². The Hall–Kier alpha value is -0.660. The van der Waals surface area contributed by atoms with Crippen molar-refractivity contribution in [2.75, 3.05) is 39.0 Å². The van der Waals surface area contributed by atoms with Crippen LogP contribution in [-0.4, -0.2) is 68.6 Å². The summed E-state index contributed by atoms with van der Waals surface area (Å²) in [7, 11) is -3.14. The number of sulfonamides is 1. The van der Waals surface area contributed by atoms with E-state index in [0.717, 1.165) is 25.8 Å². The number of rotatable bonds is 3. The summed E-state index contributed by atoms with van der Waals surface area (Å²) >= 11 is 0. The van der Waals surface area contributed by atoms with E-state index in [1.54, 1.807) is 0 Å². The monoisotopic (exact) mass is 289 g/mol. The van der Waals surface area contributed by atoms with Gasteiger partial charge in [0.1, 0.15) is 0 Å². The topological polar surface area (TPSA) is 69.7 Å². The lowest BCUT2D eigenvalue weighted by Gasteiger charge is -2.22. The van der Waals surface area contributed by atoms with Crippen LogP contribution in [0, 0.1) is 0 Å². The standard InChI is InChI=1S/C12H23N3O3S/c1-19(17,18)15-7-3-6-14(8-9-15)12(16)10-11-4-2-5-13-11/h11,13H,2-10H2,1H3. The van der Waals surface area contributed by atoms with Crippen molar-refractivity contribution in [3.63, 3.8) is 0 Å². The van der Waals surface area contributed by atoms with Crippen LogP contribution >= 0.6 is 0 Å². The predicted octanol–water partition coefficient (Wildman–Crippen LogP) is -0.378. The largest absolute Gasteiger partial charge is 0.341 e. The van der Waals surface area contributed by atoms with Crippen LogP contribution in [0.4, 0.5) is 0 Å². The summed E-state index contributed by atoms with van der Waals surface area (Å²) in [5.74, 6) is 0.148. The molecule has 0 radical (unpaired) electrons. The molecule has 0 aromatic carbocycles. The number of carbonyl (C=O) groups excluding carboxylic acids is 1. The first kappa shape index (κ1) is 14.7. The molecule has 2 fully saturated rings. The van der Waals surface area contributed by atoms with Crippen LogP contribution < -0.4 is 5.32 Å². The van der Waals surface area contributed by atoms with E-state index in [4.69, 9.17) is 0 Å². The first-order valence-corrected chi connectivity index (χ1v) is 8.78. The average molecular weight is 289 g/mol. The van der Waals surface area contributed by atoms with Gasteiger partial charge in [0.15, 0.2) is 0 Å². The summed E-state index contributed by atoms with van der Waals surface area (Å²) in [6.45, 7) is 3.11. The quantitative estimate of drug-likeness (QED) is 0.769. The van der Waals surface area contributed by atoms with Crippen LogP contribution in [0.3, 0.4) is 0 Å². The van der Waals surface area contributed by atoms with Crippen molar-refractivity contribution < 1.29 is 13.2 Å². The van der Waals surface area contributed by atoms with Crippen LogP contribution in [0.5, 0.6) is 0 Å². The molecule has 2 rings (SSSR count). The van der Waals surface area contributed by atoms with Gasteiger partial charge >= 0.3 is 0 Å². The van der Waals surface area contributed by atoms with E-state index in [2.05, 4.69) is 5.32 Å². The fourth-order valence-electron chi connectivity index (χ4n) is 2.75. The van der Waals surface area contributed by atoms with E-state index >= 15 is 0 Å². The third-order valence-electron chi connectivity index (χ3n) is 3.86. The molecule has 0 aromatic heterocycles. The molecule has 110 valence electrons. The minimum absolute atomic E-state index is 0.148. The molecule has 1 N–H and O–H groups in total. The third kappa shape index (κ3) is 4.15. The van der Waals surface area contributed by atoms with E-state index in [9.17, 15) is 13.2 Å². The first-order valence-electron chi connectivity index (χ1n) is 6.93. The molecule has 2 saturated heterocycles. The third-order valence-corrected chi connectivity index (χ3v) is 5.16. The minimum Gasteiger partial charge on any atom is -0.341 e. The van der Waals surface area contributed by atoms with Gasteiger partial charge in [0.05, 0.1) is 6.26 Å². The molecule has 1 amide bonds. The van der Waals surface area contributed by atoms with Gasteiger partial charge in [0.25, 0.3) is 0 Å². The van der Waals surface area contributed by atoms with E-state index in [1.165, 1.54) is 10.6 Å². The fourth-order valence-corrected chi connectivity index (χ4v) is 3.62. The molecule has 2 aliphatic heterocycles. The first-order chi connectivity index (χ1) is 8.97. The number of nitrogens with one attached hydrogen (secondary N) is 1. The van der Waals surface area contributed by atoms with E-state index in [0.29, 0.717) is 38.6 Å². The average Bonchev–Trinajstić information content (AvgIpc) is 2.69. The van der Waals surface area contributed by atoms with Gasteiger partial charge in [0, 0.05) is 38.6 Å². The van der Waals surface area contributed by atoms with Crippen molar-refractivity contribution in [2.45, 2.75) is 31.7 Å². The summed E-state index contributed by atoms with van der Waals surface area (Å²) in [6.07, 6.45) is 4.69. The lowest BCUT2D eigenvalue weighted by atomic mass is 10.1. The van der Waals surface area contributed by atoms with E-state index in [-0.39, 0.29) is 5.91 Å². The Bertz CT molecular complexity index is 418. The lowest BCUT2D eigenvalue weighted by molar-refractivity contribution is -0.131. The van der Waals surface area contributed by atoms with Crippen molar-refractivity contribution >= 4 is 15.9 Å². The Morgan fingerprint density at radius 2 is 2.00 bits per heavy atom. The van der Waals surface area contributed by atoms with Gasteiger partial charge in [-0.25, -0.2) is 12.7 Å². The maximum absolute atomic E-state index is 12.2. The van der Waals surface area contributed by atoms with Gasteiger partial charge in [-0.15, -0.1) is 0 Å². The molecule has 0 saturated carbocycles. The zero-order valence-corrected chi connectivity index (χ0v) is 12.3. The Labute approximate surface area is 115 Å². The molecular weight excluding hydrogens is 266 g/mol. The number of amides is 1. The van der Waals surface area contributed by atoms with Gasteiger partial charge in [-0.05, 0) is 25.8 Å². The van der Waals surface area contributed by atoms with E-state index in [1.807, 2.05) is 4.90 Å². The highest BCUT2D eigenvalue weighted by Gasteiger charge is 2.26. The fraction of sp³-hybridized carbons (Fsp3) is 0.917. The molecule has 0 aromatic rings. The van der Waals surface area contributed by atoms with Crippen molar-refractivity contribution in [2.24, 2.45) is 0 Å². The Morgan fingerprint density at radius 3 is 2.63 bits per heavy atom. The number of hydrogen-bond donors (Lipinski definition) is 1. The van der Waals surface area contributed by atoms with Gasteiger partial charge in [-0.1, -0.05) is 0 Å². The molecule has 1 atom stereocenters. The van der Waals surface area contributed by atoms with Crippen LogP contribution in [0.25, 0.3) is 0 Å². The molecule has 7 heteroatoms. The zero-order valence-electron chi connectivity index (χ0n) is 11.5. The highest BCUT2D eigenvalue weighted by molar-refractivity contribution is 7.88. The van der Waals surface area contributed by atoms with Crippen molar-refractivity contribution in [3.05, 3.63) is 0 Å². The number of carbonyl (C=O) groups is 1. The predicted molar refractivity (Wildman–Crippen MR) is 73.3 cm³/mol. The molecule has 2 aliphatic rings. The zero-order chi connectivity index (χ0) is 13.9. The summed E-state index contributed by atoms with van der Waals surface area (Å²) in [4.78, 5) is 14.0. The van der Waals surface area contributed by atoms with Gasteiger partial charge in [-0.3, -0.25) is 4.79 Å². The molecule has 0 bridgehead atoms. The van der Waals surface area contributed by atoms with Gasteiger partial charge in [-0.2, -0.15) is 0 Å². The molecule has 19 heavy (non-hydrogen) atoms. The molecule has 0 spiro atoms. The molecular formula is C12H23N3O3S. The number of nitrogens with zero attached hydrogens (tertiary/aromatic N) is 2. The summed E-state index contributed by atoms with van der Waals surface area (Å²) in [5.41, 5.74) is 0. The summed E-state index contributed by atoms with van der Waals surface area (Å²) < 4.78 is 24.5. The normalized spacial score (nSPS) is 26.4. The maximum Gasteiger partial charge on any atom is 0.224 e. The Kier molecular flexibility index (Phi) is 4.81. The smallest absolute Gasteiger partial charge is 0.224 e. The minimum atomic E-state index is -3.14. The maximum atomic E-state index is 12.2. The van der Waals surface area contributed by atoms with Crippen LogP contribution in [0.2, 0.25) is 0 Å². The molecule has 6 nitrogen and oxygen atoms in total. The molecule has 0 aliphatic carbocycles. The van der Waals surface area contributed by atoms with Crippen LogP contribution in [0.1, 0.15) is 25.7 Å². The van der Waals surface area contributed by atoms with Gasteiger partial charge < -0.3 is 10.2 Å². The van der Waals surface area contributed by atoms with Gasteiger partial charge in [0.2, 0.25) is 15.9 Å². The van der Waals surface area contributed by atoms with Crippen LogP contribution in [0.15, 0.2) is 0 Å². The molecule has 1 unspecified atom stereocenters. The summed E-state index contributed by atoms with van der Waals surface area (Å²) in [5, 5.41) is 3.32.